The van der Waals surface area contributed by atoms with Crippen molar-refractivity contribution in [1.29, 1.82) is 0 Å². The van der Waals surface area contributed by atoms with Crippen molar-refractivity contribution < 1.29 is 9.59 Å². The zero-order valence-electron chi connectivity index (χ0n) is 18.9. The molecule has 31 heavy (non-hydrogen) atoms. The number of benzene rings is 2. The molecule has 2 amide bonds. The highest BCUT2D eigenvalue weighted by Gasteiger charge is 2.29. The van der Waals surface area contributed by atoms with Crippen molar-refractivity contribution in [2.75, 3.05) is 5.75 Å². The van der Waals surface area contributed by atoms with E-state index in [0.29, 0.717) is 23.7 Å². The Kier molecular flexibility index (Phi) is 10.4. The van der Waals surface area contributed by atoms with Gasteiger partial charge in [0.1, 0.15) is 6.04 Å². The molecule has 168 valence electrons. The molecule has 0 unspecified atom stereocenters. The van der Waals surface area contributed by atoms with Crippen molar-refractivity contribution in [3.05, 3.63) is 70.2 Å². The van der Waals surface area contributed by atoms with Crippen LogP contribution in [-0.4, -0.2) is 34.6 Å². The molecule has 0 radical (unpaired) electrons. The molecule has 0 heterocycles. The number of halogens is 1. The van der Waals surface area contributed by atoms with E-state index in [4.69, 9.17) is 11.6 Å². The highest BCUT2D eigenvalue weighted by molar-refractivity contribution is 7.99. The lowest BCUT2D eigenvalue weighted by molar-refractivity contribution is -0.139. The van der Waals surface area contributed by atoms with Crippen LogP contribution in [0.25, 0.3) is 0 Å². The maximum Gasteiger partial charge on any atom is 0.243 e. The van der Waals surface area contributed by atoms with E-state index in [1.165, 1.54) is 0 Å². The average molecular weight is 461 g/mol. The summed E-state index contributed by atoms with van der Waals surface area (Å²) in [4.78, 5) is 27.9. The van der Waals surface area contributed by atoms with Crippen LogP contribution >= 0.6 is 23.4 Å². The number of carbonyl (C=O) groups is 2. The Morgan fingerprint density at radius 3 is 2.39 bits per heavy atom. The summed E-state index contributed by atoms with van der Waals surface area (Å²) in [5.74, 6) is 0.936. The molecule has 0 saturated heterocycles. The normalized spacial score (nSPS) is 12.8. The zero-order chi connectivity index (χ0) is 22.8. The van der Waals surface area contributed by atoms with Crippen LogP contribution in [0.5, 0.6) is 0 Å². The third kappa shape index (κ3) is 8.23. The molecule has 0 aromatic heterocycles. The molecule has 0 bridgehead atoms. The number of aryl methyl sites for hydroxylation is 1. The van der Waals surface area contributed by atoms with E-state index < -0.39 is 6.04 Å². The van der Waals surface area contributed by atoms with Crippen molar-refractivity contribution in [2.24, 2.45) is 0 Å². The molecule has 2 atom stereocenters. The maximum atomic E-state index is 13.2. The average Bonchev–Trinajstić information content (AvgIpc) is 2.74. The highest BCUT2D eigenvalue weighted by Crippen LogP contribution is 2.19. The van der Waals surface area contributed by atoms with Crippen molar-refractivity contribution in [1.82, 2.24) is 10.2 Å². The number of hydrogen-bond donors (Lipinski definition) is 1. The van der Waals surface area contributed by atoms with Crippen LogP contribution in [0.15, 0.2) is 48.5 Å². The fourth-order valence-electron chi connectivity index (χ4n) is 3.29. The summed E-state index contributed by atoms with van der Waals surface area (Å²) in [6.45, 7) is 8.44. The van der Waals surface area contributed by atoms with Crippen molar-refractivity contribution >= 4 is 35.2 Å². The first-order valence-electron chi connectivity index (χ1n) is 10.8. The van der Waals surface area contributed by atoms with E-state index in [1.807, 2.05) is 70.2 Å². The third-order valence-corrected chi connectivity index (χ3v) is 6.47. The predicted octanol–water partition coefficient (Wildman–Crippen LogP) is 5.60. The second-order valence-electron chi connectivity index (χ2n) is 7.87. The molecule has 0 aliphatic heterocycles. The summed E-state index contributed by atoms with van der Waals surface area (Å²) in [6, 6.07) is 15.3. The molecular weight excluding hydrogens is 428 g/mol. The van der Waals surface area contributed by atoms with E-state index >= 15 is 0 Å². The molecule has 0 aliphatic carbocycles. The van der Waals surface area contributed by atoms with Gasteiger partial charge in [0, 0.05) is 23.4 Å². The van der Waals surface area contributed by atoms with Gasteiger partial charge in [0.25, 0.3) is 0 Å². The second-order valence-corrected chi connectivity index (χ2v) is 9.29. The van der Waals surface area contributed by atoms with Gasteiger partial charge in [-0.25, -0.2) is 0 Å². The van der Waals surface area contributed by atoms with Gasteiger partial charge in [0.15, 0.2) is 0 Å². The first-order chi connectivity index (χ1) is 14.8. The van der Waals surface area contributed by atoms with Crippen LogP contribution in [0.3, 0.4) is 0 Å². The first kappa shape index (κ1) is 25.3. The fraction of sp³-hybridized carbons (Fsp3) is 0.440. The van der Waals surface area contributed by atoms with Crippen LogP contribution in [0.4, 0.5) is 0 Å². The number of rotatable bonds is 11. The summed E-state index contributed by atoms with van der Waals surface area (Å²) in [6.07, 6.45) is 1.42. The van der Waals surface area contributed by atoms with Crippen LogP contribution in [0, 0.1) is 6.92 Å². The number of nitrogens with zero attached hydrogens (tertiary/aromatic N) is 1. The second kappa shape index (κ2) is 12.8. The largest absolute Gasteiger partial charge is 0.352 e. The fourth-order valence-corrected chi connectivity index (χ4v) is 4.28. The Labute approximate surface area is 195 Å². The Hall–Kier alpha value is -1.98. The topological polar surface area (TPSA) is 49.4 Å². The van der Waals surface area contributed by atoms with Gasteiger partial charge in [-0.05, 0) is 49.9 Å². The van der Waals surface area contributed by atoms with Crippen LogP contribution in [-0.2, 0) is 21.9 Å². The third-order valence-electron chi connectivity index (χ3n) is 5.23. The molecule has 1 N–H and O–H groups in total. The molecule has 2 aromatic rings. The smallest absolute Gasteiger partial charge is 0.243 e. The van der Waals surface area contributed by atoms with E-state index in [2.05, 4.69) is 11.4 Å². The van der Waals surface area contributed by atoms with Crippen molar-refractivity contribution in [2.45, 2.75) is 64.9 Å². The van der Waals surface area contributed by atoms with Gasteiger partial charge in [0.05, 0.1) is 5.75 Å². The SMILES string of the molecule is CC[C@H](C(=O)N[C@@H](C)CC)N(Cc1cccc(C)c1)C(=O)CSCc1ccc(Cl)cc1. The summed E-state index contributed by atoms with van der Waals surface area (Å²) in [5.41, 5.74) is 3.29. The number of nitrogens with one attached hydrogen (secondary N) is 1. The van der Waals surface area contributed by atoms with Gasteiger partial charge < -0.3 is 10.2 Å². The Morgan fingerprint density at radius 2 is 1.77 bits per heavy atom. The van der Waals surface area contributed by atoms with Gasteiger partial charge >= 0.3 is 0 Å². The van der Waals surface area contributed by atoms with Crippen LogP contribution in [0.2, 0.25) is 5.02 Å². The molecule has 4 nitrogen and oxygen atoms in total. The number of carbonyl (C=O) groups excluding carboxylic acids is 2. The minimum atomic E-state index is -0.488. The van der Waals surface area contributed by atoms with E-state index in [-0.39, 0.29) is 17.9 Å². The Morgan fingerprint density at radius 1 is 1.06 bits per heavy atom. The Balaban J connectivity index is 2.13. The molecule has 6 heteroatoms. The van der Waals surface area contributed by atoms with Gasteiger partial charge in [-0.2, -0.15) is 0 Å². The monoisotopic (exact) mass is 460 g/mol. The molecule has 0 aliphatic rings. The van der Waals surface area contributed by atoms with Crippen LogP contribution in [0.1, 0.15) is 50.3 Å². The number of amides is 2. The minimum Gasteiger partial charge on any atom is -0.352 e. The van der Waals surface area contributed by atoms with Crippen LogP contribution < -0.4 is 5.32 Å². The highest BCUT2D eigenvalue weighted by atomic mass is 35.5. The minimum absolute atomic E-state index is 0.0216. The molecular formula is C25H33ClN2O2S. The lowest BCUT2D eigenvalue weighted by atomic mass is 10.1. The standard InChI is InChI=1S/C25H33ClN2O2S/c1-5-19(4)27-25(30)23(6-2)28(15-21-9-7-8-18(3)14-21)24(29)17-31-16-20-10-12-22(26)13-11-20/h7-14,19,23H,5-6,15-17H2,1-4H3,(H,27,30)/t19-,23+/m0/s1. The lowest BCUT2D eigenvalue weighted by Gasteiger charge is -2.31. The molecule has 0 spiro atoms. The number of thioether (sulfide) groups is 1. The molecule has 2 rings (SSSR count). The predicted molar refractivity (Wildman–Crippen MR) is 131 cm³/mol. The van der Waals surface area contributed by atoms with Gasteiger partial charge in [0.2, 0.25) is 11.8 Å². The van der Waals surface area contributed by atoms with Crippen molar-refractivity contribution in [3.63, 3.8) is 0 Å². The zero-order valence-corrected chi connectivity index (χ0v) is 20.4. The first-order valence-corrected chi connectivity index (χ1v) is 12.3. The van der Waals surface area contributed by atoms with E-state index in [9.17, 15) is 9.59 Å². The van der Waals surface area contributed by atoms with E-state index in [0.717, 1.165) is 28.9 Å². The van der Waals surface area contributed by atoms with Gasteiger partial charge in [-0.1, -0.05) is 67.4 Å². The quantitative estimate of drug-likeness (QED) is 0.474. The summed E-state index contributed by atoms with van der Waals surface area (Å²) >= 11 is 7.50. The summed E-state index contributed by atoms with van der Waals surface area (Å²) in [7, 11) is 0. The van der Waals surface area contributed by atoms with Gasteiger partial charge in [-0.3, -0.25) is 9.59 Å². The number of hydrogen-bond acceptors (Lipinski definition) is 3. The summed E-state index contributed by atoms with van der Waals surface area (Å²) < 4.78 is 0. The van der Waals surface area contributed by atoms with Gasteiger partial charge in [-0.15, -0.1) is 11.8 Å². The van der Waals surface area contributed by atoms with E-state index in [1.54, 1.807) is 16.7 Å². The lowest BCUT2D eigenvalue weighted by Crippen LogP contribution is -2.51. The maximum absolute atomic E-state index is 13.2. The Bertz CT molecular complexity index is 857. The molecule has 0 fully saturated rings. The molecule has 0 saturated carbocycles. The summed E-state index contributed by atoms with van der Waals surface area (Å²) in [5, 5.41) is 3.75. The van der Waals surface area contributed by atoms with Crippen molar-refractivity contribution in [3.8, 4) is 0 Å². The molecule has 2 aromatic carbocycles.